The second kappa shape index (κ2) is 5.90. The van der Waals surface area contributed by atoms with Crippen molar-refractivity contribution in [3.63, 3.8) is 0 Å². The molecule has 3 fully saturated rings. The highest BCUT2D eigenvalue weighted by atomic mass is 16.3. The van der Waals surface area contributed by atoms with E-state index >= 15 is 0 Å². The molecule has 0 spiro atoms. The summed E-state index contributed by atoms with van der Waals surface area (Å²) < 4.78 is 0. The van der Waals surface area contributed by atoms with Crippen LogP contribution in [0.15, 0.2) is 36.2 Å². The summed E-state index contributed by atoms with van der Waals surface area (Å²) in [5, 5.41) is 34.2. The van der Waals surface area contributed by atoms with E-state index in [1.54, 1.807) is 12.4 Å². The van der Waals surface area contributed by atoms with Gasteiger partial charge in [0.05, 0.1) is 17.3 Å². The van der Waals surface area contributed by atoms with Crippen LogP contribution >= 0.6 is 0 Å². The molecular weight excluding hydrogens is 350 g/mol. The Labute approximate surface area is 167 Å². The minimum Gasteiger partial charge on any atom is -0.389 e. The van der Waals surface area contributed by atoms with Crippen LogP contribution in [0.5, 0.6) is 0 Å². The van der Waals surface area contributed by atoms with E-state index in [1.807, 2.05) is 12.1 Å². The highest BCUT2D eigenvalue weighted by molar-refractivity contribution is 5.33. The maximum Gasteiger partial charge on any atom is 0.0993 e. The number of rotatable bonds is 1. The minimum atomic E-state index is -1.03. The molecule has 1 aromatic heterocycles. The predicted octanol–water partition coefficient (Wildman–Crippen LogP) is 3.71. The van der Waals surface area contributed by atoms with Crippen molar-refractivity contribution in [2.75, 3.05) is 0 Å². The molecule has 4 heteroatoms. The van der Waals surface area contributed by atoms with Gasteiger partial charge < -0.3 is 15.3 Å². The molecule has 5 rings (SSSR count). The van der Waals surface area contributed by atoms with Gasteiger partial charge in [0.25, 0.3) is 0 Å². The summed E-state index contributed by atoms with van der Waals surface area (Å²) in [6.45, 7) is 4.47. The van der Waals surface area contributed by atoms with Crippen LogP contribution in [-0.4, -0.2) is 32.0 Å². The lowest BCUT2D eigenvalue weighted by Gasteiger charge is -2.62. The zero-order chi connectivity index (χ0) is 19.8. The Kier molecular flexibility index (Phi) is 3.96. The Hall–Kier alpha value is -1.23. The quantitative estimate of drug-likeness (QED) is 0.647. The number of pyridine rings is 1. The van der Waals surface area contributed by atoms with E-state index in [0.717, 1.165) is 44.1 Å². The predicted molar refractivity (Wildman–Crippen MR) is 107 cm³/mol. The standard InChI is InChI=1S/C24H33NO3/c1-21-9-7-18(26)14-16(21)5-6-20-19(21)8-10-22(2)23(27,11-12-24(20,22)28)17-4-3-13-25-15-17/h3-4,13-15,18-20,26-28H,5-12H2,1-2H3/t18-,19-,20+,21-,22+,23-,24-/m0/s1. The van der Waals surface area contributed by atoms with Crippen molar-refractivity contribution in [1.29, 1.82) is 0 Å². The van der Waals surface area contributed by atoms with Gasteiger partial charge in [0, 0.05) is 23.4 Å². The molecular formula is C24H33NO3. The van der Waals surface area contributed by atoms with E-state index in [0.29, 0.717) is 18.8 Å². The third kappa shape index (κ3) is 2.15. The Morgan fingerprint density at radius 3 is 2.57 bits per heavy atom. The first kappa shape index (κ1) is 18.8. The van der Waals surface area contributed by atoms with Crippen molar-refractivity contribution in [2.24, 2.45) is 22.7 Å². The molecule has 0 radical (unpaired) electrons. The zero-order valence-corrected chi connectivity index (χ0v) is 17.1. The van der Waals surface area contributed by atoms with Gasteiger partial charge in [-0.15, -0.1) is 0 Å². The van der Waals surface area contributed by atoms with E-state index in [4.69, 9.17) is 0 Å². The van der Waals surface area contributed by atoms with Gasteiger partial charge in [0.1, 0.15) is 0 Å². The molecule has 0 aromatic carbocycles. The van der Waals surface area contributed by atoms with Gasteiger partial charge in [0.15, 0.2) is 0 Å². The maximum atomic E-state index is 12.2. The zero-order valence-electron chi connectivity index (χ0n) is 17.1. The SMILES string of the molecule is C[C@]12CC[C@H]3[C@@H](CCC4=C[C@@H](O)CC[C@@]43C)[C@@]1(O)CC[C@]2(O)c1cccnc1. The van der Waals surface area contributed by atoms with E-state index < -0.39 is 16.6 Å². The van der Waals surface area contributed by atoms with Gasteiger partial charge >= 0.3 is 0 Å². The molecule has 4 aliphatic rings. The second-order valence-electron chi connectivity index (χ2n) is 10.4. The fourth-order valence-electron chi connectivity index (χ4n) is 7.77. The monoisotopic (exact) mass is 383 g/mol. The highest BCUT2D eigenvalue weighted by Crippen LogP contribution is 2.71. The molecule has 1 aromatic rings. The smallest absolute Gasteiger partial charge is 0.0993 e. The Balaban J connectivity index is 1.55. The van der Waals surface area contributed by atoms with Crippen LogP contribution in [0.3, 0.4) is 0 Å². The molecule has 1 heterocycles. The summed E-state index contributed by atoms with van der Waals surface area (Å²) in [5.41, 5.74) is -0.119. The van der Waals surface area contributed by atoms with E-state index in [-0.39, 0.29) is 17.4 Å². The second-order valence-corrected chi connectivity index (χ2v) is 10.4. The van der Waals surface area contributed by atoms with Crippen LogP contribution in [0.25, 0.3) is 0 Å². The molecule has 0 saturated heterocycles. The number of aromatic nitrogens is 1. The molecule has 4 aliphatic carbocycles. The molecule has 0 bridgehead atoms. The Morgan fingerprint density at radius 2 is 1.82 bits per heavy atom. The molecule has 0 amide bonds. The van der Waals surface area contributed by atoms with Crippen LogP contribution < -0.4 is 0 Å². The van der Waals surface area contributed by atoms with Crippen molar-refractivity contribution >= 4 is 0 Å². The summed E-state index contributed by atoms with van der Waals surface area (Å²) in [4.78, 5) is 4.25. The highest BCUT2D eigenvalue weighted by Gasteiger charge is 2.71. The first-order valence-corrected chi connectivity index (χ1v) is 11.0. The fraction of sp³-hybridized carbons (Fsp3) is 0.708. The van der Waals surface area contributed by atoms with Gasteiger partial charge in [-0.25, -0.2) is 0 Å². The number of hydrogen-bond acceptors (Lipinski definition) is 4. The van der Waals surface area contributed by atoms with Gasteiger partial charge in [0.2, 0.25) is 0 Å². The van der Waals surface area contributed by atoms with Gasteiger partial charge in [-0.2, -0.15) is 0 Å². The largest absolute Gasteiger partial charge is 0.389 e. The number of aliphatic hydroxyl groups is 3. The lowest BCUT2D eigenvalue weighted by molar-refractivity contribution is -0.221. The van der Waals surface area contributed by atoms with Crippen LogP contribution in [0.2, 0.25) is 0 Å². The average molecular weight is 384 g/mol. The third-order valence-corrected chi connectivity index (χ3v) is 9.56. The van der Waals surface area contributed by atoms with E-state index in [9.17, 15) is 15.3 Å². The molecule has 7 atom stereocenters. The van der Waals surface area contributed by atoms with E-state index in [2.05, 4.69) is 24.9 Å². The van der Waals surface area contributed by atoms with Crippen LogP contribution in [-0.2, 0) is 5.60 Å². The molecule has 152 valence electrons. The lowest BCUT2D eigenvalue weighted by Crippen LogP contribution is -2.63. The number of hydrogen-bond donors (Lipinski definition) is 3. The molecule has 3 saturated carbocycles. The Morgan fingerprint density at radius 1 is 1.00 bits per heavy atom. The first-order valence-electron chi connectivity index (χ1n) is 11.0. The average Bonchev–Trinajstić information content (AvgIpc) is 2.91. The fourth-order valence-corrected chi connectivity index (χ4v) is 7.77. The number of fused-ring (bicyclic) bond motifs is 5. The van der Waals surface area contributed by atoms with Gasteiger partial charge in [-0.1, -0.05) is 31.6 Å². The first-order chi connectivity index (χ1) is 13.2. The van der Waals surface area contributed by atoms with Crippen molar-refractivity contribution in [3.05, 3.63) is 41.7 Å². The lowest BCUT2D eigenvalue weighted by atomic mass is 9.44. The molecule has 28 heavy (non-hydrogen) atoms. The summed E-state index contributed by atoms with van der Waals surface area (Å²) in [7, 11) is 0. The molecule has 4 nitrogen and oxygen atoms in total. The minimum absolute atomic E-state index is 0.0776. The number of allylic oxidation sites excluding steroid dienone is 1. The normalized spacial score (nSPS) is 50.3. The molecule has 0 aliphatic heterocycles. The van der Waals surface area contributed by atoms with Crippen molar-refractivity contribution in [3.8, 4) is 0 Å². The molecule has 0 unspecified atom stereocenters. The van der Waals surface area contributed by atoms with Crippen molar-refractivity contribution < 1.29 is 15.3 Å². The van der Waals surface area contributed by atoms with Gasteiger partial charge in [-0.05, 0) is 74.7 Å². The van der Waals surface area contributed by atoms with Crippen molar-refractivity contribution in [2.45, 2.75) is 82.5 Å². The topological polar surface area (TPSA) is 73.6 Å². The number of nitrogens with zero attached hydrogens (tertiary/aromatic N) is 1. The molecule has 3 N–H and O–H groups in total. The van der Waals surface area contributed by atoms with Crippen molar-refractivity contribution in [1.82, 2.24) is 4.98 Å². The van der Waals surface area contributed by atoms with Crippen LogP contribution in [0.4, 0.5) is 0 Å². The Bertz CT molecular complexity index is 809. The summed E-state index contributed by atoms with van der Waals surface area (Å²) in [6.07, 6.45) is 12.1. The maximum absolute atomic E-state index is 12.2. The summed E-state index contributed by atoms with van der Waals surface area (Å²) in [5.74, 6) is 0.628. The van der Waals surface area contributed by atoms with Crippen LogP contribution in [0, 0.1) is 22.7 Å². The van der Waals surface area contributed by atoms with Crippen LogP contribution in [0.1, 0.15) is 70.8 Å². The number of aliphatic hydroxyl groups excluding tert-OH is 1. The summed E-state index contributed by atoms with van der Waals surface area (Å²) in [6, 6.07) is 3.84. The van der Waals surface area contributed by atoms with E-state index in [1.165, 1.54) is 5.57 Å². The third-order valence-electron chi connectivity index (χ3n) is 9.56. The van der Waals surface area contributed by atoms with Gasteiger partial charge in [-0.3, -0.25) is 4.98 Å². The summed E-state index contributed by atoms with van der Waals surface area (Å²) >= 11 is 0.